The molecule has 0 bridgehead atoms. The van der Waals surface area contributed by atoms with Crippen molar-refractivity contribution >= 4 is 15.7 Å². The molecule has 1 N–H and O–H groups in total. The largest absolute Gasteiger partial charge is 0.467 e. The number of aromatic nitrogens is 2. The summed E-state index contributed by atoms with van der Waals surface area (Å²) in [7, 11) is -2.99. The summed E-state index contributed by atoms with van der Waals surface area (Å²) in [6.45, 7) is 0.301. The molecule has 8 heteroatoms. The molecule has 128 valence electrons. The molecule has 1 saturated heterocycles. The topological polar surface area (TPSA) is 94.2 Å². The second-order valence-corrected chi connectivity index (χ2v) is 8.72. The van der Waals surface area contributed by atoms with Crippen molar-refractivity contribution < 1.29 is 17.6 Å². The monoisotopic (exact) mass is 349 g/mol. The molecule has 0 aromatic carbocycles. The molecule has 0 radical (unpaired) electrons. The number of amides is 1. The molecule has 0 spiro atoms. The van der Waals surface area contributed by atoms with Crippen molar-refractivity contribution in [2.75, 3.05) is 11.5 Å². The molecular weight excluding hydrogens is 330 g/mol. The van der Waals surface area contributed by atoms with Crippen molar-refractivity contribution in [1.82, 2.24) is 15.1 Å². The van der Waals surface area contributed by atoms with E-state index in [-0.39, 0.29) is 23.5 Å². The Kier molecular flexibility index (Phi) is 3.71. The third-order valence-electron chi connectivity index (χ3n) is 4.55. The number of hydrogen-bond donors (Lipinski definition) is 1. The van der Waals surface area contributed by atoms with E-state index in [9.17, 15) is 13.2 Å². The van der Waals surface area contributed by atoms with Gasteiger partial charge in [-0.2, -0.15) is 5.10 Å². The summed E-state index contributed by atoms with van der Waals surface area (Å²) >= 11 is 0. The molecule has 2 aliphatic rings. The maximum atomic E-state index is 12.3. The normalized spacial score (nSPS) is 22.6. The molecule has 3 heterocycles. The number of carbonyl (C=O) groups is 1. The lowest BCUT2D eigenvalue weighted by Crippen LogP contribution is -2.23. The van der Waals surface area contributed by atoms with Gasteiger partial charge in [0, 0.05) is 11.6 Å². The second kappa shape index (κ2) is 5.77. The van der Waals surface area contributed by atoms with E-state index in [0.717, 1.165) is 18.5 Å². The van der Waals surface area contributed by atoms with E-state index >= 15 is 0 Å². The number of carbonyl (C=O) groups excluding carboxylic acids is 1. The quantitative estimate of drug-likeness (QED) is 0.885. The fourth-order valence-corrected chi connectivity index (χ4v) is 4.83. The minimum atomic E-state index is -2.99. The Morgan fingerprint density at radius 3 is 2.83 bits per heavy atom. The molecular formula is C16H19N3O4S. The van der Waals surface area contributed by atoms with Gasteiger partial charge in [0.15, 0.2) is 9.84 Å². The molecule has 1 amide bonds. The first-order valence-electron chi connectivity index (χ1n) is 8.12. The molecule has 24 heavy (non-hydrogen) atoms. The van der Waals surface area contributed by atoms with E-state index in [4.69, 9.17) is 4.42 Å². The number of nitrogens with one attached hydrogen (secondary N) is 1. The first kappa shape index (κ1) is 15.4. The number of furan rings is 1. The molecule has 1 atom stereocenters. The van der Waals surface area contributed by atoms with E-state index in [1.807, 2.05) is 0 Å². The lowest BCUT2D eigenvalue weighted by Gasteiger charge is -2.12. The highest BCUT2D eigenvalue weighted by Crippen LogP contribution is 2.42. The first-order valence-corrected chi connectivity index (χ1v) is 9.94. The van der Waals surface area contributed by atoms with E-state index < -0.39 is 9.84 Å². The van der Waals surface area contributed by atoms with Crippen LogP contribution in [0, 0.1) is 0 Å². The summed E-state index contributed by atoms with van der Waals surface area (Å²) < 4.78 is 30.5. The third-order valence-corrected chi connectivity index (χ3v) is 6.30. The van der Waals surface area contributed by atoms with Gasteiger partial charge in [0.2, 0.25) is 0 Å². The molecule has 4 rings (SSSR count). The Morgan fingerprint density at radius 2 is 2.21 bits per heavy atom. The number of rotatable bonds is 5. The average molecular weight is 349 g/mol. The zero-order chi connectivity index (χ0) is 16.7. The molecule has 1 saturated carbocycles. The van der Waals surface area contributed by atoms with E-state index in [0.29, 0.717) is 30.3 Å². The molecule has 2 aromatic rings. The van der Waals surface area contributed by atoms with Gasteiger partial charge in [-0.1, -0.05) is 0 Å². The summed E-state index contributed by atoms with van der Waals surface area (Å²) in [4.78, 5) is 12.3. The third kappa shape index (κ3) is 3.10. The van der Waals surface area contributed by atoms with E-state index in [2.05, 4.69) is 10.4 Å². The number of hydrogen-bond acceptors (Lipinski definition) is 5. The van der Waals surface area contributed by atoms with Crippen molar-refractivity contribution in [3.05, 3.63) is 41.6 Å². The highest BCUT2D eigenvalue weighted by atomic mass is 32.2. The van der Waals surface area contributed by atoms with Crippen LogP contribution >= 0.6 is 0 Å². The highest BCUT2D eigenvalue weighted by Gasteiger charge is 2.36. The predicted molar refractivity (Wildman–Crippen MR) is 86.4 cm³/mol. The second-order valence-electron chi connectivity index (χ2n) is 6.49. The van der Waals surface area contributed by atoms with Crippen molar-refractivity contribution in [2.45, 2.75) is 37.8 Å². The van der Waals surface area contributed by atoms with Crippen LogP contribution in [0.15, 0.2) is 28.9 Å². The molecule has 0 unspecified atom stereocenters. The highest BCUT2D eigenvalue weighted by molar-refractivity contribution is 7.91. The Labute approximate surface area is 139 Å². The van der Waals surface area contributed by atoms with Crippen LogP contribution < -0.4 is 5.32 Å². The van der Waals surface area contributed by atoms with Crippen molar-refractivity contribution in [1.29, 1.82) is 0 Å². The van der Waals surface area contributed by atoms with Crippen LogP contribution in [0.1, 0.15) is 53.2 Å². The number of nitrogens with zero attached hydrogens (tertiary/aromatic N) is 2. The minimum Gasteiger partial charge on any atom is -0.467 e. The lowest BCUT2D eigenvalue weighted by molar-refractivity contribution is 0.0942. The fourth-order valence-electron chi connectivity index (χ4n) is 3.14. The van der Waals surface area contributed by atoms with Gasteiger partial charge in [-0.3, -0.25) is 9.48 Å². The van der Waals surface area contributed by atoms with Gasteiger partial charge >= 0.3 is 0 Å². The van der Waals surface area contributed by atoms with E-state index in [1.165, 1.54) is 0 Å². The zero-order valence-corrected chi connectivity index (χ0v) is 14.0. The van der Waals surface area contributed by atoms with Crippen LogP contribution in [-0.2, 0) is 16.4 Å². The maximum Gasteiger partial charge on any atom is 0.272 e. The Morgan fingerprint density at radius 1 is 1.38 bits per heavy atom. The van der Waals surface area contributed by atoms with Crippen molar-refractivity contribution in [3.8, 4) is 0 Å². The van der Waals surface area contributed by atoms with Crippen molar-refractivity contribution in [2.24, 2.45) is 0 Å². The summed E-state index contributed by atoms with van der Waals surface area (Å²) in [5.41, 5.74) is 1.33. The Bertz CT molecular complexity index is 850. The Balaban J connectivity index is 1.53. The van der Waals surface area contributed by atoms with E-state index in [1.54, 1.807) is 29.1 Å². The lowest BCUT2D eigenvalue weighted by atomic mass is 10.2. The molecule has 2 fully saturated rings. The summed E-state index contributed by atoms with van der Waals surface area (Å²) in [6.07, 6.45) is 4.26. The predicted octanol–water partition coefficient (Wildman–Crippen LogP) is 1.64. The van der Waals surface area contributed by atoms with Gasteiger partial charge in [0.05, 0.1) is 30.4 Å². The molecule has 1 aliphatic heterocycles. The zero-order valence-electron chi connectivity index (χ0n) is 13.1. The van der Waals surface area contributed by atoms with Crippen LogP contribution in [0.5, 0.6) is 0 Å². The van der Waals surface area contributed by atoms with Crippen LogP contribution in [0.3, 0.4) is 0 Å². The van der Waals surface area contributed by atoms with Crippen LogP contribution in [0.2, 0.25) is 0 Å². The summed E-state index contributed by atoms with van der Waals surface area (Å²) in [5.74, 6) is 1.11. The minimum absolute atomic E-state index is 0.113. The van der Waals surface area contributed by atoms with Gasteiger partial charge in [0.25, 0.3) is 5.91 Å². The van der Waals surface area contributed by atoms with Gasteiger partial charge in [-0.15, -0.1) is 0 Å². The Hall–Kier alpha value is -2.09. The average Bonchev–Trinajstić information content (AvgIpc) is 2.98. The van der Waals surface area contributed by atoms with Gasteiger partial charge in [-0.05, 0) is 37.5 Å². The smallest absolute Gasteiger partial charge is 0.272 e. The molecule has 2 aromatic heterocycles. The maximum absolute atomic E-state index is 12.3. The van der Waals surface area contributed by atoms with Gasteiger partial charge in [0.1, 0.15) is 11.5 Å². The van der Waals surface area contributed by atoms with Crippen LogP contribution in [-0.4, -0.2) is 35.6 Å². The van der Waals surface area contributed by atoms with Crippen LogP contribution in [0.4, 0.5) is 0 Å². The SMILES string of the molecule is O=C(NCc1ccco1)c1cc(C2CC2)n([C@@H]2CCS(=O)(=O)C2)n1. The molecule has 1 aliphatic carbocycles. The van der Waals surface area contributed by atoms with Gasteiger partial charge < -0.3 is 9.73 Å². The van der Waals surface area contributed by atoms with Crippen molar-refractivity contribution in [3.63, 3.8) is 0 Å². The fraction of sp³-hybridized carbons (Fsp3) is 0.500. The summed E-state index contributed by atoms with van der Waals surface area (Å²) in [5, 5.41) is 7.21. The van der Waals surface area contributed by atoms with Gasteiger partial charge in [-0.25, -0.2) is 8.42 Å². The molecule has 7 nitrogen and oxygen atoms in total. The number of sulfone groups is 1. The first-order chi connectivity index (χ1) is 11.5. The van der Waals surface area contributed by atoms with Crippen LogP contribution in [0.25, 0.3) is 0 Å². The standard InChI is InChI=1S/C16H19N3O4S/c20-16(17-9-13-2-1-6-23-13)14-8-15(11-3-4-11)19(18-14)12-5-7-24(21,22)10-12/h1-2,6,8,11-12H,3-5,7,9-10H2,(H,17,20)/t12-/m1/s1. The summed E-state index contributed by atoms with van der Waals surface area (Å²) in [6, 6.07) is 5.21.